The molecule has 1 saturated heterocycles. The van der Waals surface area contributed by atoms with Crippen molar-refractivity contribution in [1.82, 2.24) is 0 Å². The topological polar surface area (TPSA) is 105 Å². The number of carbonyl (C=O) groups excluding carboxylic acids is 4. The molecule has 0 bridgehead atoms. The van der Waals surface area contributed by atoms with E-state index in [0.717, 1.165) is 9.80 Å². The van der Waals surface area contributed by atoms with Crippen LogP contribution >= 0.6 is 45.8 Å². The molecule has 0 unspecified atom stereocenters. The highest BCUT2D eigenvalue weighted by Gasteiger charge is 2.43. The van der Waals surface area contributed by atoms with Gasteiger partial charge in [0.15, 0.2) is 18.1 Å². The van der Waals surface area contributed by atoms with Gasteiger partial charge in [-0.2, -0.15) is 0 Å². The van der Waals surface area contributed by atoms with Crippen LogP contribution in [0.15, 0.2) is 96.6 Å². The second-order valence-corrected chi connectivity index (χ2v) is 11.5. The molecule has 4 aromatic carbocycles. The lowest BCUT2D eigenvalue weighted by Gasteiger charge is -2.34. The predicted octanol–water partition coefficient (Wildman–Crippen LogP) is 7.60. The Kier molecular flexibility index (Phi) is 10.1. The molecule has 1 fully saturated rings. The van der Waals surface area contributed by atoms with Gasteiger partial charge in [0.1, 0.15) is 5.57 Å². The van der Waals surface area contributed by atoms with E-state index >= 15 is 0 Å². The van der Waals surface area contributed by atoms with E-state index in [2.05, 4.69) is 5.32 Å². The number of urea groups is 1. The highest BCUT2D eigenvalue weighted by Crippen LogP contribution is 2.36. The number of rotatable bonds is 9. The molecule has 0 atom stereocenters. The molecule has 0 spiro atoms. The van der Waals surface area contributed by atoms with Crippen LogP contribution < -0.4 is 24.6 Å². The number of imide groups is 2. The van der Waals surface area contributed by atoms with Crippen LogP contribution in [-0.2, 0) is 14.4 Å². The predicted molar refractivity (Wildman–Crippen MR) is 182 cm³/mol. The second kappa shape index (κ2) is 14.1. The number of benzene rings is 4. The van der Waals surface area contributed by atoms with Gasteiger partial charge in [-0.15, -0.1) is 0 Å². The standard InChI is InChI=1S/C33H24Cl2IN3O6/c1-2-44-28-17-20(16-27(36)30(28)45-19-29(40)37-21-13-14-25(34)26(35)18-21)15-24-31(41)38(22-9-5-3-6-10-22)33(43)39(32(24)42)23-11-7-4-8-12-23/h3-18H,2,19H2,1H3,(H,37,40). The molecule has 1 aliphatic heterocycles. The zero-order chi connectivity index (χ0) is 32.1. The van der Waals surface area contributed by atoms with Gasteiger partial charge in [-0.3, -0.25) is 14.4 Å². The van der Waals surface area contributed by atoms with Crippen LogP contribution in [0.3, 0.4) is 0 Å². The van der Waals surface area contributed by atoms with Gasteiger partial charge in [0, 0.05) is 5.69 Å². The largest absolute Gasteiger partial charge is 0.490 e. The average Bonchev–Trinajstić information content (AvgIpc) is 3.02. The van der Waals surface area contributed by atoms with E-state index in [9.17, 15) is 19.2 Å². The Morgan fingerprint density at radius 1 is 0.822 bits per heavy atom. The Labute approximate surface area is 282 Å². The maximum Gasteiger partial charge on any atom is 0.343 e. The van der Waals surface area contributed by atoms with Crippen LogP contribution in [0.1, 0.15) is 12.5 Å². The van der Waals surface area contributed by atoms with Crippen LogP contribution in [0.2, 0.25) is 10.0 Å². The zero-order valence-electron chi connectivity index (χ0n) is 23.6. The molecule has 0 aromatic heterocycles. The number of amides is 5. The number of hydrogen-bond acceptors (Lipinski definition) is 6. The van der Waals surface area contributed by atoms with Crippen molar-refractivity contribution in [2.45, 2.75) is 6.92 Å². The van der Waals surface area contributed by atoms with E-state index < -0.39 is 23.8 Å². The Balaban J connectivity index is 1.46. The Bertz CT molecular complexity index is 1750. The summed E-state index contributed by atoms with van der Waals surface area (Å²) in [6.07, 6.45) is 1.41. The normalized spacial score (nSPS) is 13.2. The third-order valence-corrected chi connectivity index (χ3v) is 8.01. The fourth-order valence-electron chi connectivity index (χ4n) is 4.49. The maximum atomic E-state index is 13.7. The minimum absolute atomic E-state index is 0.227. The fourth-order valence-corrected chi connectivity index (χ4v) is 5.57. The number of hydrogen-bond donors (Lipinski definition) is 1. The molecule has 5 rings (SSSR count). The summed E-state index contributed by atoms with van der Waals surface area (Å²) < 4.78 is 12.2. The summed E-state index contributed by atoms with van der Waals surface area (Å²) in [5.74, 6) is -1.38. The van der Waals surface area contributed by atoms with Crippen molar-refractivity contribution in [3.63, 3.8) is 0 Å². The molecule has 12 heteroatoms. The molecule has 45 heavy (non-hydrogen) atoms. The smallest absolute Gasteiger partial charge is 0.343 e. The molecule has 1 aliphatic rings. The summed E-state index contributed by atoms with van der Waals surface area (Å²) >= 11 is 14.0. The molecule has 0 aliphatic carbocycles. The Morgan fingerprint density at radius 2 is 1.42 bits per heavy atom. The van der Waals surface area contributed by atoms with E-state index in [-0.39, 0.29) is 18.8 Å². The summed E-state index contributed by atoms with van der Waals surface area (Å²) in [6.45, 7) is 1.72. The lowest BCUT2D eigenvalue weighted by Crippen LogP contribution is -2.57. The average molecular weight is 756 g/mol. The van der Waals surface area contributed by atoms with Crippen LogP contribution in [0, 0.1) is 3.57 Å². The fraction of sp³-hybridized carbons (Fsp3) is 0.0909. The molecule has 9 nitrogen and oxygen atoms in total. The molecule has 228 valence electrons. The first-order chi connectivity index (χ1) is 21.7. The quantitative estimate of drug-likeness (QED) is 0.107. The minimum Gasteiger partial charge on any atom is -0.490 e. The van der Waals surface area contributed by atoms with Crippen LogP contribution in [-0.4, -0.2) is 37.0 Å². The van der Waals surface area contributed by atoms with Crippen molar-refractivity contribution < 1.29 is 28.7 Å². The van der Waals surface area contributed by atoms with Crippen LogP contribution in [0.25, 0.3) is 6.08 Å². The van der Waals surface area contributed by atoms with Crippen molar-refractivity contribution in [3.8, 4) is 11.5 Å². The van der Waals surface area contributed by atoms with E-state index in [1.807, 2.05) is 22.6 Å². The van der Waals surface area contributed by atoms with Gasteiger partial charge < -0.3 is 14.8 Å². The van der Waals surface area contributed by atoms with Crippen molar-refractivity contribution in [3.05, 3.63) is 116 Å². The molecule has 1 N–H and O–H groups in total. The van der Waals surface area contributed by atoms with E-state index in [4.69, 9.17) is 32.7 Å². The third kappa shape index (κ3) is 7.14. The van der Waals surface area contributed by atoms with Crippen molar-refractivity contribution in [2.24, 2.45) is 0 Å². The molecule has 4 aromatic rings. The number of anilines is 3. The van der Waals surface area contributed by atoms with Gasteiger partial charge in [-0.05, 0) is 95.8 Å². The summed E-state index contributed by atoms with van der Waals surface area (Å²) in [7, 11) is 0. The first-order valence-corrected chi connectivity index (χ1v) is 15.4. The molecule has 0 radical (unpaired) electrons. The number of carbonyl (C=O) groups is 4. The highest BCUT2D eigenvalue weighted by atomic mass is 127. The lowest BCUT2D eigenvalue weighted by molar-refractivity contribution is -0.121. The van der Waals surface area contributed by atoms with E-state index in [1.54, 1.807) is 91.9 Å². The summed E-state index contributed by atoms with van der Waals surface area (Å²) in [5, 5.41) is 3.35. The van der Waals surface area contributed by atoms with Gasteiger partial charge in [0.05, 0.1) is 31.6 Å². The molecule has 0 saturated carbocycles. The number of halogens is 3. The Morgan fingerprint density at radius 3 is 1.98 bits per heavy atom. The van der Waals surface area contributed by atoms with E-state index in [0.29, 0.717) is 47.7 Å². The SMILES string of the molecule is CCOc1cc(C=C2C(=O)N(c3ccccc3)C(=O)N(c3ccccc3)C2=O)cc(I)c1OCC(=O)Nc1ccc(Cl)c(Cl)c1. The summed E-state index contributed by atoms with van der Waals surface area (Å²) in [6, 6.07) is 24.0. The van der Waals surface area contributed by atoms with Crippen molar-refractivity contribution in [2.75, 3.05) is 28.3 Å². The summed E-state index contributed by atoms with van der Waals surface area (Å²) in [4.78, 5) is 55.6. The van der Waals surface area contributed by atoms with E-state index in [1.165, 1.54) is 12.1 Å². The van der Waals surface area contributed by atoms with Gasteiger partial charge >= 0.3 is 6.03 Å². The molecule has 5 amide bonds. The first-order valence-electron chi connectivity index (χ1n) is 13.6. The highest BCUT2D eigenvalue weighted by molar-refractivity contribution is 14.1. The van der Waals surface area contributed by atoms with Gasteiger partial charge in [-0.1, -0.05) is 59.6 Å². The van der Waals surface area contributed by atoms with Crippen molar-refractivity contribution in [1.29, 1.82) is 0 Å². The number of barbiturate groups is 1. The molecule has 1 heterocycles. The van der Waals surface area contributed by atoms with Crippen LogP contribution in [0.4, 0.5) is 21.9 Å². The van der Waals surface area contributed by atoms with Gasteiger partial charge in [0.2, 0.25) is 0 Å². The zero-order valence-corrected chi connectivity index (χ0v) is 27.3. The number of nitrogens with zero attached hydrogens (tertiary/aromatic N) is 2. The third-order valence-electron chi connectivity index (χ3n) is 6.47. The lowest BCUT2D eigenvalue weighted by atomic mass is 10.0. The van der Waals surface area contributed by atoms with Gasteiger partial charge in [0.25, 0.3) is 17.7 Å². The number of ether oxygens (including phenoxy) is 2. The van der Waals surface area contributed by atoms with Crippen LogP contribution in [0.5, 0.6) is 11.5 Å². The monoisotopic (exact) mass is 755 g/mol. The second-order valence-electron chi connectivity index (χ2n) is 9.52. The van der Waals surface area contributed by atoms with Crippen molar-refractivity contribution >= 4 is 92.7 Å². The van der Waals surface area contributed by atoms with Gasteiger partial charge in [-0.25, -0.2) is 14.6 Å². The molecular formula is C33H24Cl2IN3O6. The maximum absolute atomic E-state index is 13.7. The summed E-state index contributed by atoms with van der Waals surface area (Å²) in [5.41, 5.74) is 1.31. The number of para-hydroxylation sites is 2. The Hall–Kier alpha value is -4.39. The minimum atomic E-state index is -0.785. The number of nitrogens with one attached hydrogen (secondary N) is 1. The molecular weight excluding hydrogens is 732 g/mol. The first kappa shape index (κ1) is 32.0.